The average molecular weight is 531 g/mol. The second-order valence-corrected chi connectivity index (χ2v) is 8.09. The van der Waals surface area contributed by atoms with Crippen LogP contribution < -0.4 is 0 Å². The number of carboxylic acids is 2. The van der Waals surface area contributed by atoms with Crippen LogP contribution >= 0.6 is 0 Å². The lowest BCUT2D eigenvalue weighted by atomic mass is 10.1. The quantitative estimate of drug-likeness (QED) is 0.130. The molecule has 3 amide bonds. The third-order valence-corrected chi connectivity index (χ3v) is 5.20. The van der Waals surface area contributed by atoms with Crippen molar-refractivity contribution in [3.05, 3.63) is 12.2 Å². The first-order chi connectivity index (χ1) is 17.8. The van der Waals surface area contributed by atoms with Crippen LogP contribution in [0, 0.1) is 0 Å². The van der Waals surface area contributed by atoms with Crippen LogP contribution in [0.25, 0.3) is 0 Å². The zero-order valence-corrected chi connectivity index (χ0v) is 21.1. The number of unbranched alkanes of at least 4 members (excludes halogenated alkanes) is 2. The molecule has 0 saturated heterocycles. The molecule has 0 radical (unpaired) electrons. The van der Waals surface area contributed by atoms with Gasteiger partial charge in [0, 0.05) is 38.2 Å². The molecule has 0 atom stereocenters. The van der Waals surface area contributed by atoms with Crippen molar-refractivity contribution in [1.29, 1.82) is 0 Å². The summed E-state index contributed by atoms with van der Waals surface area (Å²) >= 11 is 0. The molecule has 13 nitrogen and oxygen atoms in total. The summed E-state index contributed by atoms with van der Waals surface area (Å²) in [4.78, 5) is 59.6. The number of nitrogens with zero attached hydrogens (tertiary/aromatic N) is 2. The van der Waals surface area contributed by atoms with E-state index in [1.54, 1.807) is 4.90 Å². The van der Waals surface area contributed by atoms with Crippen LogP contribution in [-0.2, 0) is 42.9 Å². The summed E-state index contributed by atoms with van der Waals surface area (Å²) < 4.78 is 21.3. The Kier molecular flexibility index (Phi) is 17.6. The van der Waals surface area contributed by atoms with E-state index >= 15 is 0 Å². The predicted octanol–water partition coefficient (Wildman–Crippen LogP) is 0.316. The summed E-state index contributed by atoms with van der Waals surface area (Å²) in [7, 11) is 0. The molecule has 0 fully saturated rings. The fraction of sp³-hybridized carbons (Fsp3) is 0.708. The maximum absolute atomic E-state index is 12.7. The fourth-order valence-corrected chi connectivity index (χ4v) is 3.21. The summed E-state index contributed by atoms with van der Waals surface area (Å²) in [5.74, 6) is -2.56. The van der Waals surface area contributed by atoms with Gasteiger partial charge in [-0.1, -0.05) is 6.42 Å². The molecule has 2 N–H and O–H groups in total. The first-order valence-electron chi connectivity index (χ1n) is 12.4. The van der Waals surface area contributed by atoms with Crippen LogP contribution in [0.2, 0.25) is 0 Å². The van der Waals surface area contributed by atoms with Crippen LogP contribution in [0.3, 0.4) is 0 Å². The van der Waals surface area contributed by atoms with Crippen molar-refractivity contribution in [1.82, 2.24) is 9.80 Å². The maximum Gasteiger partial charge on any atom is 0.305 e. The molecule has 13 heteroatoms. The highest BCUT2D eigenvalue weighted by Gasteiger charge is 2.22. The molecule has 0 aliphatic carbocycles. The number of rotatable bonds is 24. The molecule has 1 heterocycles. The largest absolute Gasteiger partial charge is 0.481 e. The van der Waals surface area contributed by atoms with Gasteiger partial charge in [0.05, 0.1) is 65.7 Å². The predicted molar refractivity (Wildman–Crippen MR) is 129 cm³/mol. The average Bonchev–Trinajstić information content (AvgIpc) is 3.17. The van der Waals surface area contributed by atoms with Gasteiger partial charge < -0.3 is 34.1 Å². The Morgan fingerprint density at radius 3 is 1.57 bits per heavy atom. The van der Waals surface area contributed by atoms with Crippen LogP contribution in [0.5, 0.6) is 0 Å². The highest BCUT2D eigenvalue weighted by molar-refractivity contribution is 6.12. The second-order valence-electron chi connectivity index (χ2n) is 8.09. The van der Waals surface area contributed by atoms with Crippen molar-refractivity contribution >= 4 is 29.7 Å². The Labute approximate surface area is 216 Å². The van der Waals surface area contributed by atoms with E-state index in [-0.39, 0.29) is 83.4 Å². The van der Waals surface area contributed by atoms with Crippen LogP contribution in [-0.4, -0.2) is 122 Å². The van der Waals surface area contributed by atoms with Crippen LogP contribution in [0.1, 0.15) is 38.5 Å². The maximum atomic E-state index is 12.7. The number of hydrogen-bond acceptors (Lipinski definition) is 9. The van der Waals surface area contributed by atoms with E-state index in [1.165, 1.54) is 17.1 Å². The van der Waals surface area contributed by atoms with Crippen molar-refractivity contribution in [3.8, 4) is 0 Å². The summed E-state index contributed by atoms with van der Waals surface area (Å²) in [6, 6.07) is 0. The molecule has 1 aliphatic heterocycles. The topological polar surface area (TPSA) is 169 Å². The standard InChI is InChI=1S/C24H38N2O11/c27-20(4-2-1-3-9-26-21(28)5-6-22(26)29)25(10-14-36-18-16-34-12-7-23(30)31)11-15-37-19-17-35-13-8-24(32)33/h5-6H,1-4,7-19H2,(H,30,31)(H,32,33). The molecule has 210 valence electrons. The molecule has 37 heavy (non-hydrogen) atoms. The van der Waals surface area contributed by atoms with Gasteiger partial charge in [-0.05, 0) is 12.8 Å². The molecule has 0 saturated carbocycles. The van der Waals surface area contributed by atoms with Gasteiger partial charge >= 0.3 is 11.9 Å². The molecule has 1 aliphatic rings. The Bertz CT molecular complexity index is 709. The lowest BCUT2D eigenvalue weighted by Gasteiger charge is -2.23. The number of aliphatic carboxylic acids is 2. The van der Waals surface area contributed by atoms with Crippen molar-refractivity contribution < 1.29 is 53.1 Å². The third kappa shape index (κ3) is 16.5. The van der Waals surface area contributed by atoms with Crippen molar-refractivity contribution in [2.45, 2.75) is 38.5 Å². The number of carbonyl (C=O) groups is 5. The molecular weight excluding hydrogens is 492 g/mol. The van der Waals surface area contributed by atoms with Crippen LogP contribution in [0.15, 0.2) is 12.2 Å². The zero-order valence-electron chi connectivity index (χ0n) is 21.1. The van der Waals surface area contributed by atoms with E-state index in [0.29, 0.717) is 45.3 Å². The summed E-state index contributed by atoms with van der Waals surface area (Å²) in [6.45, 7) is 2.83. The van der Waals surface area contributed by atoms with Gasteiger partial charge in [-0.15, -0.1) is 0 Å². The first kappa shape index (κ1) is 32.2. The van der Waals surface area contributed by atoms with Gasteiger partial charge in [-0.2, -0.15) is 0 Å². The van der Waals surface area contributed by atoms with E-state index in [0.717, 1.165) is 0 Å². The van der Waals surface area contributed by atoms with Gasteiger partial charge in [0.15, 0.2) is 0 Å². The molecule has 0 aromatic heterocycles. The first-order valence-corrected chi connectivity index (χ1v) is 12.4. The Balaban J connectivity index is 2.28. The Hall–Kier alpha value is -2.87. The van der Waals surface area contributed by atoms with E-state index in [1.807, 2.05) is 0 Å². The van der Waals surface area contributed by atoms with Gasteiger partial charge in [0.2, 0.25) is 5.91 Å². The SMILES string of the molecule is O=C(O)CCOCCOCCN(CCOCCOCCC(=O)O)C(=O)CCCCCN1C(=O)C=CC1=O. The summed E-state index contributed by atoms with van der Waals surface area (Å²) in [5.41, 5.74) is 0. The van der Waals surface area contributed by atoms with Crippen LogP contribution in [0.4, 0.5) is 0 Å². The number of imide groups is 1. The highest BCUT2D eigenvalue weighted by Crippen LogP contribution is 2.09. The van der Waals surface area contributed by atoms with E-state index in [9.17, 15) is 24.0 Å². The minimum Gasteiger partial charge on any atom is -0.481 e. The van der Waals surface area contributed by atoms with Gasteiger partial charge in [0.1, 0.15) is 0 Å². The molecule has 0 spiro atoms. The highest BCUT2D eigenvalue weighted by atomic mass is 16.5. The third-order valence-electron chi connectivity index (χ3n) is 5.20. The minimum absolute atomic E-state index is 0.0717. The number of carbonyl (C=O) groups excluding carboxylic acids is 3. The Morgan fingerprint density at radius 2 is 1.11 bits per heavy atom. The van der Waals surface area contributed by atoms with Gasteiger partial charge in [-0.25, -0.2) is 0 Å². The van der Waals surface area contributed by atoms with Crippen molar-refractivity contribution in [2.24, 2.45) is 0 Å². The molecule has 1 rings (SSSR count). The fourth-order valence-electron chi connectivity index (χ4n) is 3.21. The Morgan fingerprint density at radius 1 is 0.649 bits per heavy atom. The molecular formula is C24H38N2O11. The lowest BCUT2D eigenvalue weighted by Crippen LogP contribution is -2.37. The monoisotopic (exact) mass is 530 g/mol. The van der Waals surface area contributed by atoms with Crippen molar-refractivity contribution in [2.75, 3.05) is 72.5 Å². The lowest BCUT2D eigenvalue weighted by molar-refractivity contribution is -0.139. The normalized spacial score (nSPS) is 12.9. The molecule has 0 aromatic rings. The molecule has 0 aromatic carbocycles. The van der Waals surface area contributed by atoms with E-state index in [2.05, 4.69) is 0 Å². The zero-order chi connectivity index (χ0) is 27.3. The summed E-state index contributed by atoms with van der Waals surface area (Å²) in [6.07, 6.45) is 4.55. The number of ether oxygens (including phenoxy) is 4. The molecule has 0 bridgehead atoms. The van der Waals surface area contributed by atoms with E-state index in [4.69, 9.17) is 29.2 Å². The summed E-state index contributed by atoms with van der Waals surface area (Å²) in [5, 5.41) is 17.1. The van der Waals surface area contributed by atoms with Crippen molar-refractivity contribution in [3.63, 3.8) is 0 Å². The van der Waals surface area contributed by atoms with Gasteiger partial charge in [0.25, 0.3) is 11.8 Å². The number of hydrogen-bond donors (Lipinski definition) is 2. The second kappa shape index (κ2) is 20.2. The number of carboxylic acid groups (broad SMARTS) is 2. The van der Waals surface area contributed by atoms with E-state index < -0.39 is 11.9 Å². The van der Waals surface area contributed by atoms with Gasteiger partial charge in [-0.3, -0.25) is 28.9 Å². The number of amides is 3. The minimum atomic E-state index is -0.931. The molecule has 0 unspecified atom stereocenters. The smallest absolute Gasteiger partial charge is 0.305 e.